The van der Waals surface area contributed by atoms with Crippen molar-refractivity contribution in [2.75, 3.05) is 13.2 Å². The highest BCUT2D eigenvalue weighted by Gasteiger charge is 2.27. The lowest BCUT2D eigenvalue weighted by atomic mass is 9.95. The zero-order valence-electron chi connectivity index (χ0n) is 8.71. The molecule has 15 heavy (non-hydrogen) atoms. The molecule has 80 valence electrons. The van der Waals surface area contributed by atoms with E-state index in [9.17, 15) is 0 Å². The van der Waals surface area contributed by atoms with E-state index in [2.05, 4.69) is 34.1 Å². The second kappa shape index (κ2) is 3.91. The van der Waals surface area contributed by atoms with E-state index in [-0.39, 0.29) is 0 Å². The van der Waals surface area contributed by atoms with E-state index in [4.69, 9.17) is 4.74 Å². The Morgan fingerprint density at radius 3 is 2.67 bits per heavy atom. The summed E-state index contributed by atoms with van der Waals surface area (Å²) in [6.07, 6.45) is 3.91. The standard InChI is InChI=1S/C13H15BrO/c14-13-4-3-10(11-5-6-15-8-11)7-12(13)9-1-2-9/h3-4,7,9,11H,1-2,5-6,8H2. The molecule has 0 spiro atoms. The number of benzene rings is 1. The van der Waals surface area contributed by atoms with Crippen molar-refractivity contribution in [2.45, 2.75) is 31.1 Å². The van der Waals surface area contributed by atoms with Gasteiger partial charge in [0.05, 0.1) is 6.61 Å². The van der Waals surface area contributed by atoms with E-state index >= 15 is 0 Å². The highest BCUT2D eigenvalue weighted by atomic mass is 79.9. The minimum Gasteiger partial charge on any atom is -0.381 e. The zero-order valence-corrected chi connectivity index (χ0v) is 10.3. The Labute approximate surface area is 99.0 Å². The van der Waals surface area contributed by atoms with E-state index in [1.54, 1.807) is 0 Å². The third kappa shape index (κ3) is 1.98. The lowest BCUT2D eigenvalue weighted by molar-refractivity contribution is 0.194. The average molecular weight is 267 g/mol. The van der Waals surface area contributed by atoms with Crippen molar-refractivity contribution in [3.8, 4) is 0 Å². The average Bonchev–Trinajstić information content (AvgIpc) is 2.94. The van der Waals surface area contributed by atoms with E-state index in [1.807, 2.05) is 0 Å². The summed E-state index contributed by atoms with van der Waals surface area (Å²) in [7, 11) is 0. The second-order valence-corrected chi connectivity index (χ2v) is 5.47. The summed E-state index contributed by atoms with van der Waals surface area (Å²) in [5.74, 6) is 1.46. The maximum atomic E-state index is 5.45. The fraction of sp³-hybridized carbons (Fsp3) is 0.538. The lowest BCUT2D eigenvalue weighted by Crippen LogP contribution is -1.98. The van der Waals surface area contributed by atoms with Gasteiger partial charge in [-0.2, -0.15) is 0 Å². The molecule has 0 amide bonds. The predicted molar refractivity (Wildman–Crippen MR) is 64.3 cm³/mol. The highest BCUT2D eigenvalue weighted by molar-refractivity contribution is 9.10. The van der Waals surface area contributed by atoms with Crippen LogP contribution in [-0.2, 0) is 4.74 Å². The molecule has 2 fully saturated rings. The minimum atomic E-state index is 0.635. The van der Waals surface area contributed by atoms with Gasteiger partial charge >= 0.3 is 0 Å². The van der Waals surface area contributed by atoms with Crippen molar-refractivity contribution in [2.24, 2.45) is 0 Å². The minimum absolute atomic E-state index is 0.635. The summed E-state index contributed by atoms with van der Waals surface area (Å²) in [4.78, 5) is 0. The quantitative estimate of drug-likeness (QED) is 0.791. The van der Waals surface area contributed by atoms with Gasteiger partial charge in [0, 0.05) is 17.0 Å². The molecule has 3 rings (SSSR count). The van der Waals surface area contributed by atoms with Gasteiger partial charge in [-0.15, -0.1) is 0 Å². The Balaban J connectivity index is 1.91. The molecule has 1 atom stereocenters. The van der Waals surface area contributed by atoms with Crippen LogP contribution in [0.5, 0.6) is 0 Å². The number of rotatable bonds is 2. The SMILES string of the molecule is Brc1ccc(C2CCOC2)cc1C1CC1. The van der Waals surface area contributed by atoms with Crippen molar-refractivity contribution in [3.63, 3.8) is 0 Å². The zero-order chi connectivity index (χ0) is 10.3. The van der Waals surface area contributed by atoms with Crippen molar-refractivity contribution in [1.82, 2.24) is 0 Å². The molecule has 2 heteroatoms. The van der Waals surface area contributed by atoms with Crippen LogP contribution < -0.4 is 0 Å². The Hall–Kier alpha value is -0.340. The van der Waals surface area contributed by atoms with Crippen LogP contribution in [0.4, 0.5) is 0 Å². The van der Waals surface area contributed by atoms with Crippen LogP contribution in [0.2, 0.25) is 0 Å². The molecule has 0 aromatic heterocycles. The summed E-state index contributed by atoms with van der Waals surface area (Å²) in [5.41, 5.74) is 2.98. The van der Waals surface area contributed by atoms with Crippen LogP contribution in [-0.4, -0.2) is 13.2 Å². The van der Waals surface area contributed by atoms with Gasteiger partial charge in [-0.05, 0) is 42.4 Å². The first kappa shape index (κ1) is 9.86. The molecule has 2 aliphatic rings. The molecule has 1 aromatic rings. The van der Waals surface area contributed by atoms with Crippen molar-refractivity contribution < 1.29 is 4.74 Å². The largest absolute Gasteiger partial charge is 0.381 e. The van der Waals surface area contributed by atoms with Gasteiger partial charge in [0.25, 0.3) is 0 Å². The Kier molecular flexibility index (Phi) is 2.57. The molecule has 1 aliphatic heterocycles. The van der Waals surface area contributed by atoms with Gasteiger partial charge in [-0.1, -0.05) is 28.1 Å². The smallest absolute Gasteiger partial charge is 0.0535 e. The van der Waals surface area contributed by atoms with Gasteiger partial charge in [0.1, 0.15) is 0 Å². The maximum Gasteiger partial charge on any atom is 0.0535 e. The first-order chi connectivity index (χ1) is 7.34. The summed E-state index contributed by atoms with van der Waals surface area (Å²) < 4.78 is 6.73. The molecule has 1 saturated carbocycles. The molecule has 0 radical (unpaired) electrons. The van der Waals surface area contributed by atoms with Crippen molar-refractivity contribution in [3.05, 3.63) is 33.8 Å². The molecule has 1 unspecified atom stereocenters. The van der Waals surface area contributed by atoms with Crippen molar-refractivity contribution in [1.29, 1.82) is 0 Å². The van der Waals surface area contributed by atoms with Gasteiger partial charge in [0.15, 0.2) is 0 Å². The Bertz CT molecular complexity index is 365. The predicted octanol–water partition coefficient (Wildman–Crippen LogP) is 3.83. The van der Waals surface area contributed by atoms with E-state index in [1.165, 1.54) is 34.9 Å². The van der Waals surface area contributed by atoms with Gasteiger partial charge in [-0.3, -0.25) is 0 Å². The van der Waals surface area contributed by atoms with Crippen LogP contribution in [0.15, 0.2) is 22.7 Å². The fourth-order valence-electron chi connectivity index (χ4n) is 2.32. The van der Waals surface area contributed by atoms with Crippen LogP contribution in [0, 0.1) is 0 Å². The van der Waals surface area contributed by atoms with Crippen LogP contribution in [0.25, 0.3) is 0 Å². The summed E-state index contributed by atoms with van der Waals surface area (Å²) in [6, 6.07) is 6.84. The normalized spacial score (nSPS) is 25.8. The molecule has 1 nitrogen and oxygen atoms in total. The van der Waals surface area contributed by atoms with E-state index in [0.29, 0.717) is 5.92 Å². The molecule has 0 N–H and O–H groups in total. The molecule has 1 aromatic carbocycles. The number of ether oxygens (including phenoxy) is 1. The fourth-order valence-corrected chi connectivity index (χ4v) is 2.89. The topological polar surface area (TPSA) is 9.23 Å². The molecule has 1 saturated heterocycles. The first-order valence-electron chi connectivity index (χ1n) is 5.71. The molecule has 1 heterocycles. The van der Waals surface area contributed by atoms with Crippen LogP contribution in [0.3, 0.4) is 0 Å². The Morgan fingerprint density at radius 2 is 2.00 bits per heavy atom. The number of hydrogen-bond donors (Lipinski definition) is 0. The summed E-state index contributed by atoms with van der Waals surface area (Å²) in [6.45, 7) is 1.84. The maximum absolute atomic E-state index is 5.45. The summed E-state index contributed by atoms with van der Waals surface area (Å²) >= 11 is 3.65. The van der Waals surface area contributed by atoms with Gasteiger partial charge in [-0.25, -0.2) is 0 Å². The van der Waals surface area contributed by atoms with E-state index in [0.717, 1.165) is 19.1 Å². The third-order valence-corrected chi connectivity index (χ3v) is 4.16. The molecule has 1 aliphatic carbocycles. The number of hydrogen-bond acceptors (Lipinski definition) is 1. The van der Waals surface area contributed by atoms with Crippen LogP contribution >= 0.6 is 15.9 Å². The molecular formula is C13H15BrO. The monoisotopic (exact) mass is 266 g/mol. The third-order valence-electron chi connectivity index (χ3n) is 3.44. The highest BCUT2D eigenvalue weighted by Crippen LogP contribution is 2.44. The van der Waals surface area contributed by atoms with Gasteiger partial charge < -0.3 is 4.74 Å². The first-order valence-corrected chi connectivity index (χ1v) is 6.51. The summed E-state index contributed by atoms with van der Waals surface area (Å²) in [5, 5.41) is 0. The lowest BCUT2D eigenvalue weighted by Gasteiger charge is -2.11. The second-order valence-electron chi connectivity index (χ2n) is 4.62. The van der Waals surface area contributed by atoms with Crippen molar-refractivity contribution >= 4 is 15.9 Å². The van der Waals surface area contributed by atoms with Gasteiger partial charge in [0.2, 0.25) is 0 Å². The Morgan fingerprint density at radius 1 is 1.13 bits per heavy atom. The molecule has 0 bridgehead atoms. The molecular weight excluding hydrogens is 252 g/mol. The number of halogens is 1. The van der Waals surface area contributed by atoms with E-state index < -0.39 is 0 Å². The van der Waals surface area contributed by atoms with Crippen LogP contribution in [0.1, 0.15) is 42.2 Å².